The average molecular weight is 340 g/mol. The molecule has 2 fully saturated rings. The predicted molar refractivity (Wildman–Crippen MR) is 94.8 cm³/mol. The number of nitrogens with zero attached hydrogens (tertiary/aromatic N) is 5. The summed E-state index contributed by atoms with van der Waals surface area (Å²) in [5, 5.41) is 7.53. The molecule has 1 unspecified atom stereocenters. The molecule has 1 atom stereocenters. The third-order valence-corrected chi connectivity index (χ3v) is 5.24. The maximum Gasteiger partial charge on any atom is 0.254 e. The minimum atomic E-state index is 0.139. The van der Waals surface area contributed by atoms with Gasteiger partial charge in [-0.3, -0.25) is 9.69 Å². The third-order valence-electron chi connectivity index (χ3n) is 5.24. The molecular weight excluding hydrogens is 316 g/mol. The maximum atomic E-state index is 13.0. The second kappa shape index (κ2) is 6.93. The molecule has 0 spiro atoms. The molecule has 2 aliphatic rings. The Morgan fingerprint density at radius 1 is 1.24 bits per heavy atom. The number of hydrogen-bond donors (Lipinski definition) is 1. The largest absolute Gasteiger partial charge is 0.337 e. The summed E-state index contributed by atoms with van der Waals surface area (Å²) in [7, 11) is 0. The number of aryl methyl sites for hydroxylation is 1. The summed E-state index contributed by atoms with van der Waals surface area (Å²) in [6.07, 6.45) is 4.24. The van der Waals surface area contributed by atoms with E-state index in [2.05, 4.69) is 20.3 Å². The Balaban J connectivity index is 1.46. The van der Waals surface area contributed by atoms with E-state index < -0.39 is 0 Å². The van der Waals surface area contributed by atoms with Crippen LogP contribution in [0.2, 0.25) is 0 Å². The van der Waals surface area contributed by atoms with E-state index in [0.717, 1.165) is 62.5 Å². The van der Waals surface area contributed by atoms with E-state index in [9.17, 15) is 4.79 Å². The second-order valence-corrected chi connectivity index (χ2v) is 6.82. The summed E-state index contributed by atoms with van der Waals surface area (Å²) in [5.74, 6) is 0.139. The van der Waals surface area contributed by atoms with Crippen molar-refractivity contribution in [1.29, 1.82) is 0 Å². The quantitative estimate of drug-likeness (QED) is 0.891. The molecule has 3 heterocycles. The number of likely N-dealkylation sites (tertiary alicyclic amines) is 1. The van der Waals surface area contributed by atoms with E-state index in [1.54, 1.807) is 11.0 Å². The zero-order valence-corrected chi connectivity index (χ0v) is 14.6. The predicted octanol–water partition coefficient (Wildman–Crippen LogP) is 0.695. The number of benzene rings is 1. The average Bonchev–Trinajstić information content (AvgIpc) is 3.34. The monoisotopic (exact) mass is 340 g/mol. The summed E-state index contributed by atoms with van der Waals surface area (Å²) in [6, 6.07) is 6.33. The molecule has 1 N–H and O–H groups in total. The van der Waals surface area contributed by atoms with E-state index >= 15 is 0 Å². The number of aromatic nitrogens is 3. The number of piperazine rings is 1. The zero-order valence-electron chi connectivity index (χ0n) is 14.6. The van der Waals surface area contributed by atoms with Crippen molar-refractivity contribution >= 4 is 5.91 Å². The van der Waals surface area contributed by atoms with Gasteiger partial charge >= 0.3 is 0 Å². The fraction of sp³-hybridized carbons (Fsp3) is 0.500. The van der Waals surface area contributed by atoms with Gasteiger partial charge < -0.3 is 10.2 Å². The van der Waals surface area contributed by atoms with Crippen LogP contribution in [-0.2, 0) is 0 Å². The van der Waals surface area contributed by atoms with Crippen LogP contribution >= 0.6 is 0 Å². The van der Waals surface area contributed by atoms with Gasteiger partial charge in [-0.05, 0) is 37.1 Å². The molecule has 7 nitrogen and oxygen atoms in total. The van der Waals surface area contributed by atoms with E-state index in [-0.39, 0.29) is 5.91 Å². The van der Waals surface area contributed by atoms with E-state index in [0.29, 0.717) is 6.04 Å². The van der Waals surface area contributed by atoms with Crippen LogP contribution in [0.1, 0.15) is 22.3 Å². The van der Waals surface area contributed by atoms with Gasteiger partial charge in [0.2, 0.25) is 0 Å². The lowest BCUT2D eigenvalue weighted by atomic mass is 10.1. The first-order chi connectivity index (χ1) is 12.2. The molecular formula is C18H24N6O. The molecule has 0 aliphatic carbocycles. The van der Waals surface area contributed by atoms with E-state index in [1.807, 2.05) is 30.0 Å². The van der Waals surface area contributed by atoms with Gasteiger partial charge in [-0.15, -0.1) is 0 Å². The number of hydrogen-bond acceptors (Lipinski definition) is 5. The lowest BCUT2D eigenvalue weighted by Gasteiger charge is -2.32. The van der Waals surface area contributed by atoms with Crippen LogP contribution in [-0.4, -0.2) is 75.8 Å². The molecule has 0 bridgehead atoms. The highest BCUT2D eigenvalue weighted by Gasteiger charge is 2.31. The highest BCUT2D eigenvalue weighted by atomic mass is 16.2. The summed E-state index contributed by atoms with van der Waals surface area (Å²) >= 11 is 0. The van der Waals surface area contributed by atoms with E-state index in [4.69, 9.17) is 0 Å². The van der Waals surface area contributed by atoms with Gasteiger partial charge in [0.25, 0.3) is 5.91 Å². The summed E-state index contributed by atoms with van der Waals surface area (Å²) in [4.78, 5) is 21.4. The van der Waals surface area contributed by atoms with Gasteiger partial charge in [0.1, 0.15) is 12.7 Å². The first-order valence-corrected chi connectivity index (χ1v) is 8.92. The summed E-state index contributed by atoms with van der Waals surface area (Å²) < 4.78 is 1.71. The number of amides is 1. The van der Waals surface area contributed by atoms with Crippen LogP contribution < -0.4 is 5.32 Å². The zero-order chi connectivity index (χ0) is 17.2. The molecule has 0 radical (unpaired) electrons. The van der Waals surface area contributed by atoms with Gasteiger partial charge in [-0.1, -0.05) is 0 Å². The normalized spacial score (nSPS) is 21.6. The van der Waals surface area contributed by atoms with Crippen molar-refractivity contribution in [3.05, 3.63) is 42.0 Å². The SMILES string of the molecule is Cc1cc(-n2cncn2)ccc1C(=O)N1CCC(N2CCNCC2)C1. The fourth-order valence-electron chi connectivity index (χ4n) is 3.81. The van der Waals surface area contributed by atoms with Gasteiger partial charge in [-0.2, -0.15) is 5.10 Å². The Labute approximate surface area is 147 Å². The number of carbonyl (C=O) groups excluding carboxylic acids is 1. The minimum Gasteiger partial charge on any atom is -0.337 e. The lowest BCUT2D eigenvalue weighted by molar-refractivity contribution is 0.0773. The van der Waals surface area contributed by atoms with Crippen LogP contribution in [0.25, 0.3) is 5.69 Å². The molecule has 0 saturated carbocycles. The van der Waals surface area contributed by atoms with Gasteiger partial charge in [0.05, 0.1) is 5.69 Å². The molecule has 132 valence electrons. The highest BCUT2D eigenvalue weighted by molar-refractivity contribution is 5.96. The van der Waals surface area contributed by atoms with Crippen LogP contribution in [0.4, 0.5) is 0 Å². The first-order valence-electron chi connectivity index (χ1n) is 8.92. The third kappa shape index (κ3) is 3.29. The van der Waals surface area contributed by atoms with Crippen molar-refractivity contribution in [2.75, 3.05) is 39.3 Å². The fourth-order valence-corrected chi connectivity index (χ4v) is 3.81. The van der Waals surface area contributed by atoms with Crippen LogP contribution in [0.5, 0.6) is 0 Å². The molecule has 4 rings (SSSR count). The Morgan fingerprint density at radius 2 is 2.08 bits per heavy atom. The van der Waals surface area contributed by atoms with Crippen molar-refractivity contribution < 1.29 is 4.79 Å². The number of nitrogens with one attached hydrogen (secondary N) is 1. The maximum absolute atomic E-state index is 13.0. The van der Waals surface area contributed by atoms with Crippen LogP contribution in [0.3, 0.4) is 0 Å². The molecule has 1 aromatic carbocycles. The first kappa shape index (κ1) is 16.2. The smallest absolute Gasteiger partial charge is 0.254 e. The number of carbonyl (C=O) groups is 1. The molecule has 2 aromatic rings. The molecule has 2 aliphatic heterocycles. The van der Waals surface area contributed by atoms with Crippen molar-refractivity contribution in [1.82, 2.24) is 29.9 Å². The molecule has 2 saturated heterocycles. The minimum absolute atomic E-state index is 0.139. The topological polar surface area (TPSA) is 66.3 Å². The van der Waals surface area contributed by atoms with E-state index in [1.165, 1.54) is 6.33 Å². The molecule has 25 heavy (non-hydrogen) atoms. The molecule has 1 amide bonds. The van der Waals surface area contributed by atoms with Crippen molar-refractivity contribution in [3.8, 4) is 5.69 Å². The van der Waals surface area contributed by atoms with Crippen LogP contribution in [0, 0.1) is 6.92 Å². The van der Waals surface area contributed by atoms with Gasteiger partial charge in [0, 0.05) is 50.9 Å². The second-order valence-electron chi connectivity index (χ2n) is 6.82. The Kier molecular flexibility index (Phi) is 4.50. The standard InChI is InChI=1S/C18H24N6O/c1-14-10-15(24-13-20-12-21-24)2-3-17(14)18(25)23-7-4-16(11-23)22-8-5-19-6-9-22/h2-3,10,12-13,16,19H,4-9,11H2,1H3. The lowest BCUT2D eigenvalue weighted by Crippen LogP contribution is -2.49. The molecule has 1 aromatic heterocycles. The Morgan fingerprint density at radius 3 is 2.80 bits per heavy atom. The Bertz CT molecular complexity index is 738. The van der Waals surface area contributed by atoms with Crippen molar-refractivity contribution in [2.24, 2.45) is 0 Å². The van der Waals surface area contributed by atoms with Crippen molar-refractivity contribution in [3.63, 3.8) is 0 Å². The number of rotatable bonds is 3. The van der Waals surface area contributed by atoms with Gasteiger partial charge in [-0.25, -0.2) is 9.67 Å². The highest BCUT2D eigenvalue weighted by Crippen LogP contribution is 2.21. The van der Waals surface area contributed by atoms with Gasteiger partial charge in [0.15, 0.2) is 0 Å². The summed E-state index contributed by atoms with van der Waals surface area (Å²) in [6.45, 7) is 7.93. The van der Waals surface area contributed by atoms with Crippen LogP contribution in [0.15, 0.2) is 30.9 Å². The summed E-state index contributed by atoms with van der Waals surface area (Å²) in [5.41, 5.74) is 2.68. The Hall–Kier alpha value is -2.25. The molecule has 7 heteroatoms. The van der Waals surface area contributed by atoms with Crippen molar-refractivity contribution in [2.45, 2.75) is 19.4 Å².